The summed E-state index contributed by atoms with van der Waals surface area (Å²) in [5.74, 6) is 1.42. The van der Waals surface area contributed by atoms with Crippen molar-refractivity contribution >= 4 is 17.0 Å². The van der Waals surface area contributed by atoms with Crippen LogP contribution < -0.4 is 10.9 Å². The highest BCUT2D eigenvalue weighted by Gasteiger charge is 2.19. The van der Waals surface area contributed by atoms with Crippen molar-refractivity contribution in [2.45, 2.75) is 39.3 Å². The Kier molecular flexibility index (Phi) is 4.92. The van der Waals surface area contributed by atoms with E-state index >= 15 is 0 Å². The molecule has 0 radical (unpaired) electrons. The van der Waals surface area contributed by atoms with Crippen LogP contribution in [0.1, 0.15) is 32.2 Å². The molecule has 3 aromatic heterocycles. The fourth-order valence-electron chi connectivity index (χ4n) is 3.28. The van der Waals surface area contributed by atoms with E-state index in [0.717, 1.165) is 12.4 Å². The lowest BCUT2D eigenvalue weighted by Crippen LogP contribution is -2.24. The molecule has 4 rings (SSSR count). The number of aromatic nitrogens is 6. The molecule has 0 aliphatic carbocycles. The molecule has 0 spiro atoms. The number of hydrogen-bond donors (Lipinski definition) is 2. The second-order valence-electron chi connectivity index (χ2n) is 8.01. The van der Waals surface area contributed by atoms with Gasteiger partial charge in [0.2, 0.25) is 5.95 Å². The maximum Gasteiger partial charge on any atom is 0.263 e. The number of nitrogens with zero attached hydrogens (tertiary/aromatic N) is 5. The lowest BCUT2D eigenvalue weighted by atomic mass is 10.1. The Morgan fingerprint density at radius 3 is 2.72 bits per heavy atom. The topological polar surface area (TPSA) is 93.4 Å². The van der Waals surface area contributed by atoms with Crippen LogP contribution in [0.2, 0.25) is 0 Å². The normalized spacial score (nSPS) is 11.8. The monoisotopic (exact) mass is 391 g/mol. The summed E-state index contributed by atoms with van der Waals surface area (Å²) in [6, 6.07) is 10.3. The van der Waals surface area contributed by atoms with Crippen molar-refractivity contribution in [3.05, 3.63) is 70.7 Å². The van der Waals surface area contributed by atoms with Gasteiger partial charge >= 0.3 is 0 Å². The van der Waals surface area contributed by atoms with Crippen molar-refractivity contribution in [3.8, 4) is 0 Å². The highest BCUT2D eigenvalue weighted by Crippen LogP contribution is 2.18. The summed E-state index contributed by atoms with van der Waals surface area (Å²) in [6.45, 7) is 7.47. The number of nitrogens with one attached hydrogen (secondary N) is 2. The predicted molar refractivity (Wildman–Crippen MR) is 113 cm³/mol. The lowest BCUT2D eigenvalue weighted by Gasteiger charge is -2.19. The van der Waals surface area contributed by atoms with E-state index in [2.05, 4.69) is 42.1 Å². The minimum absolute atomic E-state index is 0.196. The second kappa shape index (κ2) is 7.54. The SMILES string of the molecule is CC(C)(C)n1ncc2c(=O)[nH]c(NCCc3nccn3Cc3ccccc3)nc21. The highest BCUT2D eigenvalue weighted by atomic mass is 16.1. The van der Waals surface area contributed by atoms with Gasteiger partial charge in [0.1, 0.15) is 11.2 Å². The Balaban J connectivity index is 1.47. The molecule has 0 amide bonds. The number of benzene rings is 1. The lowest BCUT2D eigenvalue weighted by molar-refractivity contribution is 0.366. The molecule has 0 aliphatic heterocycles. The first-order valence-electron chi connectivity index (χ1n) is 9.68. The largest absolute Gasteiger partial charge is 0.355 e. The van der Waals surface area contributed by atoms with Crippen LogP contribution in [0.15, 0.2) is 53.7 Å². The smallest absolute Gasteiger partial charge is 0.263 e. The van der Waals surface area contributed by atoms with Crippen LogP contribution >= 0.6 is 0 Å². The maximum atomic E-state index is 12.4. The van der Waals surface area contributed by atoms with Gasteiger partial charge in [0, 0.05) is 31.9 Å². The first-order valence-corrected chi connectivity index (χ1v) is 9.68. The molecule has 0 saturated heterocycles. The van der Waals surface area contributed by atoms with E-state index in [4.69, 9.17) is 0 Å². The predicted octanol–water partition coefficient (Wildman–Crippen LogP) is 2.77. The van der Waals surface area contributed by atoms with Gasteiger partial charge < -0.3 is 9.88 Å². The van der Waals surface area contributed by atoms with Gasteiger partial charge in [0.05, 0.1) is 11.7 Å². The fraction of sp³-hybridized carbons (Fsp3) is 0.333. The third-order valence-electron chi connectivity index (χ3n) is 4.71. The van der Waals surface area contributed by atoms with Crippen molar-refractivity contribution in [1.82, 2.24) is 29.3 Å². The average molecular weight is 391 g/mol. The summed E-state index contributed by atoms with van der Waals surface area (Å²) in [5.41, 5.74) is 1.35. The van der Waals surface area contributed by atoms with Crippen LogP contribution in [0, 0.1) is 0 Å². The van der Waals surface area contributed by atoms with Crippen LogP contribution in [0.5, 0.6) is 0 Å². The van der Waals surface area contributed by atoms with Gasteiger partial charge in [-0.25, -0.2) is 9.67 Å². The molecule has 0 aliphatic rings. The summed E-state index contributed by atoms with van der Waals surface area (Å²) < 4.78 is 3.90. The average Bonchev–Trinajstić information content (AvgIpc) is 3.30. The van der Waals surface area contributed by atoms with Crippen LogP contribution in [0.4, 0.5) is 5.95 Å². The molecule has 0 saturated carbocycles. The van der Waals surface area contributed by atoms with Gasteiger partial charge in [-0.1, -0.05) is 30.3 Å². The van der Waals surface area contributed by atoms with E-state index in [-0.39, 0.29) is 11.1 Å². The first kappa shape index (κ1) is 18.9. The Morgan fingerprint density at radius 1 is 1.17 bits per heavy atom. The van der Waals surface area contributed by atoms with Gasteiger partial charge in [0.25, 0.3) is 5.56 Å². The quantitative estimate of drug-likeness (QED) is 0.527. The minimum atomic E-state index is -0.262. The number of rotatable bonds is 6. The number of hydrogen-bond acceptors (Lipinski definition) is 5. The van der Waals surface area contributed by atoms with E-state index in [1.165, 1.54) is 5.56 Å². The minimum Gasteiger partial charge on any atom is -0.355 e. The third-order valence-corrected chi connectivity index (χ3v) is 4.71. The zero-order valence-electron chi connectivity index (χ0n) is 16.9. The highest BCUT2D eigenvalue weighted by molar-refractivity contribution is 5.74. The molecular weight excluding hydrogens is 366 g/mol. The molecule has 3 heterocycles. The van der Waals surface area contributed by atoms with Crippen LogP contribution in [0.25, 0.3) is 11.0 Å². The third kappa shape index (κ3) is 4.06. The van der Waals surface area contributed by atoms with E-state index in [1.807, 2.05) is 51.4 Å². The Morgan fingerprint density at radius 2 is 1.97 bits per heavy atom. The van der Waals surface area contributed by atoms with Gasteiger partial charge in [-0.05, 0) is 26.3 Å². The van der Waals surface area contributed by atoms with E-state index in [9.17, 15) is 4.79 Å². The number of H-pyrrole nitrogens is 1. The number of fused-ring (bicyclic) bond motifs is 1. The van der Waals surface area contributed by atoms with Gasteiger partial charge in [-0.2, -0.15) is 10.1 Å². The molecule has 0 unspecified atom stereocenters. The van der Waals surface area contributed by atoms with E-state index < -0.39 is 0 Å². The number of imidazole rings is 1. The summed E-state index contributed by atoms with van der Waals surface area (Å²) in [6.07, 6.45) is 6.07. The summed E-state index contributed by atoms with van der Waals surface area (Å²) in [5, 5.41) is 8.04. The second-order valence-corrected chi connectivity index (χ2v) is 8.01. The number of aromatic amines is 1. The van der Waals surface area contributed by atoms with E-state index in [0.29, 0.717) is 29.9 Å². The molecular formula is C21H25N7O. The van der Waals surface area contributed by atoms with Crippen LogP contribution in [-0.2, 0) is 18.5 Å². The van der Waals surface area contributed by atoms with Gasteiger partial charge in [-0.15, -0.1) is 0 Å². The van der Waals surface area contributed by atoms with Crippen LogP contribution in [-0.4, -0.2) is 35.8 Å². The van der Waals surface area contributed by atoms with E-state index in [1.54, 1.807) is 10.9 Å². The molecule has 4 aromatic rings. The number of anilines is 1. The van der Waals surface area contributed by atoms with Crippen molar-refractivity contribution < 1.29 is 0 Å². The van der Waals surface area contributed by atoms with Crippen molar-refractivity contribution in [2.75, 3.05) is 11.9 Å². The molecule has 0 fully saturated rings. The molecule has 8 heteroatoms. The van der Waals surface area contributed by atoms with Crippen LogP contribution in [0.3, 0.4) is 0 Å². The summed E-state index contributed by atoms with van der Waals surface area (Å²) in [4.78, 5) is 24.2. The van der Waals surface area contributed by atoms with Crippen molar-refractivity contribution in [3.63, 3.8) is 0 Å². The maximum absolute atomic E-state index is 12.4. The first-order chi connectivity index (χ1) is 13.9. The Labute approximate surface area is 168 Å². The summed E-state index contributed by atoms with van der Waals surface area (Å²) in [7, 11) is 0. The summed E-state index contributed by atoms with van der Waals surface area (Å²) >= 11 is 0. The Hall–Kier alpha value is -3.42. The van der Waals surface area contributed by atoms with Crippen molar-refractivity contribution in [2.24, 2.45) is 0 Å². The van der Waals surface area contributed by atoms with Gasteiger partial charge in [-0.3, -0.25) is 9.78 Å². The molecule has 0 bridgehead atoms. The molecule has 150 valence electrons. The molecule has 2 N–H and O–H groups in total. The molecule has 1 aromatic carbocycles. The van der Waals surface area contributed by atoms with Gasteiger partial charge in [0.15, 0.2) is 5.65 Å². The standard InChI is InChI=1S/C21H25N7O/c1-21(2,3)28-18-16(13-24-28)19(29)26-20(25-18)23-10-9-17-22-11-12-27(17)14-15-7-5-4-6-8-15/h4-8,11-13H,9-10,14H2,1-3H3,(H2,23,25,26,29). The van der Waals surface area contributed by atoms with Crippen molar-refractivity contribution in [1.29, 1.82) is 0 Å². The Bertz CT molecular complexity index is 1170. The molecule has 8 nitrogen and oxygen atoms in total. The molecule has 29 heavy (non-hydrogen) atoms. The zero-order chi connectivity index (χ0) is 20.4. The molecule has 0 atom stereocenters. The fourth-order valence-corrected chi connectivity index (χ4v) is 3.28. The zero-order valence-corrected chi connectivity index (χ0v) is 16.9.